The highest BCUT2D eigenvalue weighted by atomic mass is 127. The van der Waals surface area contributed by atoms with Gasteiger partial charge in [0.25, 0.3) is 5.89 Å². The topological polar surface area (TPSA) is 64.9 Å². The summed E-state index contributed by atoms with van der Waals surface area (Å²) in [6.45, 7) is 0. The molecule has 0 bridgehead atoms. The van der Waals surface area contributed by atoms with Crippen LogP contribution in [-0.2, 0) is 5.54 Å². The van der Waals surface area contributed by atoms with Gasteiger partial charge in [-0.1, -0.05) is 5.16 Å². The van der Waals surface area contributed by atoms with Crippen molar-refractivity contribution in [1.82, 2.24) is 10.1 Å². The van der Waals surface area contributed by atoms with E-state index in [9.17, 15) is 8.78 Å². The first-order chi connectivity index (χ1) is 8.99. The Labute approximate surface area is 133 Å². The van der Waals surface area contributed by atoms with Crippen LogP contribution in [-0.4, -0.2) is 10.1 Å². The summed E-state index contributed by atoms with van der Waals surface area (Å²) in [7, 11) is 0. The smallest absolute Gasteiger partial charge is 0.259 e. The van der Waals surface area contributed by atoms with Crippen molar-refractivity contribution in [2.24, 2.45) is 5.73 Å². The summed E-state index contributed by atoms with van der Waals surface area (Å²) in [5, 5.41) is 3.85. The molecule has 1 saturated carbocycles. The summed E-state index contributed by atoms with van der Waals surface area (Å²) in [5.41, 5.74) is 5.93. The van der Waals surface area contributed by atoms with Crippen LogP contribution < -0.4 is 5.73 Å². The van der Waals surface area contributed by atoms with Gasteiger partial charge in [0, 0.05) is 3.57 Å². The largest absolute Gasteiger partial charge is 0.334 e. The van der Waals surface area contributed by atoms with E-state index in [1.807, 2.05) is 22.6 Å². The summed E-state index contributed by atoms with van der Waals surface area (Å²) in [6, 6.07) is 2.15. The zero-order valence-corrected chi connectivity index (χ0v) is 13.2. The molecule has 0 atom stereocenters. The maximum atomic E-state index is 13.3. The minimum absolute atomic E-state index is 0. The average Bonchev–Trinajstić information content (AvgIpc) is 2.80. The lowest BCUT2D eigenvalue weighted by Gasteiger charge is -2.34. The van der Waals surface area contributed by atoms with Crippen molar-refractivity contribution in [3.8, 4) is 11.5 Å². The van der Waals surface area contributed by atoms with Crippen LogP contribution in [0.25, 0.3) is 11.5 Å². The van der Waals surface area contributed by atoms with Gasteiger partial charge < -0.3 is 10.3 Å². The molecule has 0 saturated heterocycles. The van der Waals surface area contributed by atoms with E-state index in [0.29, 0.717) is 15.0 Å². The van der Waals surface area contributed by atoms with Gasteiger partial charge in [-0.25, -0.2) is 8.78 Å². The predicted octanol–water partition coefficient (Wildman–Crippen LogP) is 3.38. The third-order valence-electron chi connectivity index (χ3n) is 3.36. The molecule has 3 rings (SSSR count). The number of benzene rings is 1. The van der Waals surface area contributed by atoms with Gasteiger partial charge in [-0.2, -0.15) is 4.98 Å². The van der Waals surface area contributed by atoms with Crippen molar-refractivity contribution < 1.29 is 13.3 Å². The monoisotopic (exact) mass is 413 g/mol. The highest BCUT2D eigenvalue weighted by Crippen LogP contribution is 2.38. The Morgan fingerprint density at radius 2 is 1.90 bits per heavy atom. The van der Waals surface area contributed by atoms with Crippen LogP contribution in [0, 0.1) is 15.2 Å². The van der Waals surface area contributed by atoms with Gasteiger partial charge in [-0.3, -0.25) is 0 Å². The summed E-state index contributed by atoms with van der Waals surface area (Å²) < 4.78 is 32.0. The summed E-state index contributed by atoms with van der Waals surface area (Å²) in [4.78, 5) is 4.21. The van der Waals surface area contributed by atoms with Gasteiger partial charge in [0.05, 0.1) is 11.1 Å². The first kappa shape index (κ1) is 15.6. The molecule has 8 heteroatoms. The second-order valence-corrected chi connectivity index (χ2v) is 5.84. The highest BCUT2D eigenvalue weighted by molar-refractivity contribution is 14.1. The summed E-state index contributed by atoms with van der Waals surface area (Å²) >= 11 is 1.89. The maximum absolute atomic E-state index is 13.3. The molecule has 1 aliphatic carbocycles. The molecule has 1 fully saturated rings. The molecule has 1 aromatic heterocycles. The molecule has 1 heterocycles. The van der Waals surface area contributed by atoms with Crippen LogP contribution in [0.4, 0.5) is 8.78 Å². The van der Waals surface area contributed by atoms with E-state index in [2.05, 4.69) is 10.1 Å². The fourth-order valence-electron chi connectivity index (χ4n) is 2.00. The van der Waals surface area contributed by atoms with Crippen LogP contribution in [0.3, 0.4) is 0 Å². The molecule has 0 radical (unpaired) electrons. The van der Waals surface area contributed by atoms with E-state index in [1.165, 1.54) is 0 Å². The number of aromatic nitrogens is 2. The molecule has 0 amide bonds. The van der Waals surface area contributed by atoms with E-state index in [4.69, 9.17) is 10.3 Å². The molecule has 0 unspecified atom stereocenters. The van der Waals surface area contributed by atoms with Gasteiger partial charge >= 0.3 is 0 Å². The molecular weight excluding hydrogens is 403 g/mol. The Kier molecular flexibility index (Phi) is 4.31. The number of nitrogens with zero attached hydrogens (tertiary/aromatic N) is 2. The molecule has 0 aliphatic heterocycles. The first-order valence-corrected chi connectivity index (χ1v) is 6.85. The molecule has 4 nitrogen and oxygen atoms in total. The fraction of sp³-hybridized carbons (Fsp3) is 0.333. The van der Waals surface area contributed by atoms with Crippen LogP contribution in [0.1, 0.15) is 25.1 Å². The Bertz CT molecular complexity index is 646. The fourth-order valence-corrected chi connectivity index (χ4v) is 2.66. The van der Waals surface area contributed by atoms with E-state index >= 15 is 0 Å². The van der Waals surface area contributed by atoms with Crippen molar-refractivity contribution in [3.05, 3.63) is 33.2 Å². The van der Waals surface area contributed by atoms with Gasteiger partial charge in [0.1, 0.15) is 0 Å². The number of halogens is 4. The normalized spacial score (nSPS) is 16.4. The zero-order valence-electron chi connectivity index (χ0n) is 10.2. The molecule has 20 heavy (non-hydrogen) atoms. The number of hydrogen-bond acceptors (Lipinski definition) is 4. The van der Waals surface area contributed by atoms with E-state index in [1.54, 1.807) is 0 Å². The Morgan fingerprint density at radius 1 is 1.25 bits per heavy atom. The number of nitrogens with two attached hydrogens (primary N) is 1. The minimum Gasteiger partial charge on any atom is -0.334 e. The van der Waals surface area contributed by atoms with Crippen molar-refractivity contribution in [2.45, 2.75) is 24.8 Å². The molecule has 1 aliphatic rings. The van der Waals surface area contributed by atoms with Gasteiger partial charge in [0.15, 0.2) is 17.5 Å². The average molecular weight is 414 g/mol. The lowest BCUT2D eigenvalue weighted by molar-refractivity contribution is 0.229. The standard InChI is InChI=1S/C12H10F2IN3O.ClH/c13-7-4-6(9(15)5-8(7)14)10-17-11(18-19-10)12(16)2-1-3-12;/h4-5H,1-3,16H2;1H. The summed E-state index contributed by atoms with van der Waals surface area (Å²) in [5.74, 6) is -1.26. The van der Waals surface area contributed by atoms with Crippen molar-refractivity contribution in [1.29, 1.82) is 0 Å². The third kappa shape index (κ3) is 2.53. The van der Waals surface area contributed by atoms with Gasteiger partial charge in [-0.05, 0) is 54.0 Å². The third-order valence-corrected chi connectivity index (χ3v) is 4.25. The van der Waals surface area contributed by atoms with E-state index in [-0.39, 0.29) is 18.3 Å². The second kappa shape index (κ2) is 5.53. The molecule has 1 aromatic carbocycles. The van der Waals surface area contributed by atoms with E-state index < -0.39 is 17.2 Å². The Balaban J connectivity index is 0.00000147. The molecule has 2 N–H and O–H groups in total. The van der Waals surface area contributed by atoms with Crippen LogP contribution in [0.5, 0.6) is 0 Å². The Hall–Kier alpha value is -0.800. The van der Waals surface area contributed by atoms with Crippen molar-refractivity contribution in [3.63, 3.8) is 0 Å². The summed E-state index contributed by atoms with van der Waals surface area (Å²) in [6.07, 6.45) is 2.64. The maximum Gasteiger partial charge on any atom is 0.259 e. The minimum atomic E-state index is -0.943. The van der Waals surface area contributed by atoms with Gasteiger partial charge in [-0.15, -0.1) is 12.4 Å². The van der Waals surface area contributed by atoms with Crippen LogP contribution in [0.15, 0.2) is 16.7 Å². The van der Waals surface area contributed by atoms with Crippen LogP contribution in [0.2, 0.25) is 0 Å². The first-order valence-electron chi connectivity index (χ1n) is 5.77. The molecule has 0 spiro atoms. The lowest BCUT2D eigenvalue weighted by atomic mass is 9.77. The Morgan fingerprint density at radius 3 is 2.50 bits per heavy atom. The van der Waals surface area contributed by atoms with Gasteiger partial charge in [0.2, 0.25) is 0 Å². The second-order valence-electron chi connectivity index (χ2n) is 4.68. The predicted molar refractivity (Wildman–Crippen MR) is 79.3 cm³/mol. The molecule has 108 valence electrons. The SMILES string of the molecule is Cl.NC1(c2noc(-c3cc(F)c(F)cc3I)n2)CCC1. The lowest BCUT2D eigenvalue weighted by Crippen LogP contribution is -2.44. The molecule has 2 aromatic rings. The van der Waals surface area contributed by atoms with Crippen LogP contribution >= 0.6 is 35.0 Å². The zero-order chi connectivity index (χ0) is 13.6. The quantitative estimate of drug-likeness (QED) is 0.606. The number of rotatable bonds is 2. The van der Waals surface area contributed by atoms with E-state index in [0.717, 1.165) is 31.4 Å². The van der Waals surface area contributed by atoms with Crippen molar-refractivity contribution >= 4 is 35.0 Å². The van der Waals surface area contributed by atoms with Crippen molar-refractivity contribution in [2.75, 3.05) is 0 Å². The molecular formula is C12H11ClF2IN3O. The highest BCUT2D eigenvalue weighted by Gasteiger charge is 2.39. The number of hydrogen-bond donors (Lipinski definition) is 1.